The van der Waals surface area contributed by atoms with Gasteiger partial charge in [-0.3, -0.25) is 9.48 Å². The van der Waals surface area contributed by atoms with Gasteiger partial charge in [-0.05, 0) is 6.92 Å². The minimum absolute atomic E-state index is 0.0232. The highest BCUT2D eigenvalue weighted by Crippen LogP contribution is 2.23. The van der Waals surface area contributed by atoms with Gasteiger partial charge >= 0.3 is 0 Å². The predicted octanol–water partition coefficient (Wildman–Crippen LogP) is 0.249. The lowest BCUT2D eigenvalue weighted by molar-refractivity contribution is 0.0620. The van der Waals surface area contributed by atoms with Gasteiger partial charge in [0.2, 0.25) is 0 Å². The minimum atomic E-state index is -0.0501. The molecule has 1 amide bonds. The van der Waals surface area contributed by atoms with E-state index in [1.54, 1.807) is 17.1 Å². The van der Waals surface area contributed by atoms with E-state index in [4.69, 9.17) is 0 Å². The number of aryl methyl sites for hydroxylation is 2. The fraction of sp³-hybridized carbons (Fsp3) is 0.500. The Balaban J connectivity index is 1.93. The van der Waals surface area contributed by atoms with Crippen LogP contribution < -0.4 is 5.32 Å². The van der Waals surface area contributed by atoms with E-state index in [9.17, 15) is 4.79 Å². The number of nitrogens with one attached hydrogen (secondary N) is 1. The summed E-state index contributed by atoms with van der Waals surface area (Å²) in [4.78, 5) is 19.2. The van der Waals surface area contributed by atoms with E-state index >= 15 is 0 Å². The normalized spacial score (nSPS) is 19.0. The summed E-state index contributed by atoms with van der Waals surface area (Å²) in [5.74, 6) is 0.923. The number of piperazine rings is 1. The summed E-state index contributed by atoms with van der Waals surface area (Å²) in [6, 6.07) is -0.0501. The molecule has 1 N–H and O–H groups in total. The van der Waals surface area contributed by atoms with Gasteiger partial charge in [0.15, 0.2) is 0 Å². The molecular weight excluding hydrogens is 268 g/mol. The molecule has 0 aliphatic carbocycles. The number of nitrogens with zero attached hydrogens (tertiary/aromatic N) is 5. The summed E-state index contributed by atoms with van der Waals surface area (Å²) in [6.45, 7) is 4.10. The van der Waals surface area contributed by atoms with Crippen LogP contribution in [-0.2, 0) is 14.1 Å². The van der Waals surface area contributed by atoms with Gasteiger partial charge in [0.25, 0.3) is 5.91 Å². The Bertz CT molecular complexity index is 658. The molecule has 21 heavy (non-hydrogen) atoms. The SMILES string of the molecule is Cc1c(C(=O)N2CCNCC2c2nccn2C)cnn1C. The maximum atomic E-state index is 12.9. The highest BCUT2D eigenvalue weighted by molar-refractivity contribution is 5.95. The van der Waals surface area contributed by atoms with Gasteiger partial charge in [-0.1, -0.05) is 0 Å². The van der Waals surface area contributed by atoms with Crippen molar-refractivity contribution in [2.75, 3.05) is 19.6 Å². The van der Waals surface area contributed by atoms with Crippen molar-refractivity contribution in [1.29, 1.82) is 0 Å². The lowest BCUT2D eigenvalue weighted by atomic mass is 10.1. The van der Waals surface area contributed by atoms with Crippen LogP contribution >= 0.6 is 0 Å². The van der Waals surface area contributed by atoms with Crippen molar-refractivity contribution in [3.05, 3.63) is 35.7 Å². The average Bonchev–Trinajstić information content (AvgIpc) is 3.05. The van der Waals surface area contributed by atoms with Gasteiger partial charge in [0.1, 0.15) is 11.9 Å². The van der Waals surface area contributed by atoms with Crippen molar-refractivity contribution >= 4 is 5.91 Å². The Morgan fingerprint density at radius 3 is 2.86 bits per heavy atom. The molecule has 112 valence electrons. The standard InChI is InChI=1S/C14H20N6O/c1-10-11(8-17-19(10)3)14(21)20-7-4-15-9-12(20)13-16-5-6-18(13)2/h5-6,8,12,15H,4,7,9H2,1-3H3. The monoisotopic (exact) mass is 288 g/mol. The zero-order valence-electron chi connectivity index (χ0n) is 12.6. The van der Waals surface area contributed by atoms with E-state index in [2.05, 4.69) is 15.4 Å². The molecule has 0 saturated carbocycles. The molecule has 1 aliphatic rings. The molecule has 1 atom stereocenters. The molecule has 0 aromatic carbocycles. The Morgan fingerprint density at radius 1 is 1.43 bits per heavy atom. The molecule has 2 aromatic heterocycles. The molecule has 0 spiro atoms. The fourth-order valence-electron chi connectivity index (χ4n) is 2.74. The lowest BCUT2D eigenvalue weighted by Gasteiger charge is -2.35. The molecule has 0 bridgehead atoms. The second-order valence-electron chi connectivity index (χ2n) is 5.38. The summed E-state index contributed by atoms with van der Waals surface area (Å²) in [7, 11) is 3.80. The van der Waals surface area contributed by atoms with Crippen LogP contribution in [0.5, 0.6) is 0 Å². The first kappa shape index (κ1) is 13.8. The van der Waals surface area contributed by atoms with Gasteiger partial charge in [0.05, 0.1) is 11.8 Å². The first-order chi connectivity index (χ1) is 10.1. The van der Waals surface area contributed by atoms with Crippen LogP contribution in [0.15, 0.2) is 18.6 Å². The fourth-order valence-corrected chi connectivity index (χ4v) is 2.74. The Hall–Kier alpha value is -2.15. The van der Waals surface area contributed by atoms with Gasteiger partial charge in [-0.2, -0.15) is 5.10 Å². The van der Waals surface area contributed by atoms with Crippen molar-refractivity contribution in [2.45, 2.75) is 13.0 Å². The lowest BCUT2D eigenvalue weighted by Crippen LogP contribution is -2.49. The summed E-state index contributed by atoms with van der Waals surface area (Å²) >= 11 is 0. The molecule has 1 saturated heterocycles. The number of hydrogen-bond acceptors (Lipinski definition) is 4. The number of carbonyl (C=O) groups is 1. The maximum Gasteiger partial charge on any atom is 0.258 e. The number of rotatable bonds is 2. The minimum Gasteiger partial charge on any atom is -0.336 e. The van der Waals surface area contributed by atoms with Crippen molar-refractivity contribution in [2.24, 2.45) is 14.1 Å². The highest BCUT2D eigenvalue weighted by Gasteiger charge is 2.32. The zero-order valence-corrected chi connectivity index (χ0v) is 12.6. The number of amides is 1. The van der Waals surface area contributed by atoms with Crippen molar-refractivity contribution in [3.8, 4) is 0 Å². The van der Waals surface area contributed by atoms with Crippen molar-refractivity contribution < 1.29 is 4.79 Å². The van der Waals surface area contributed by atoms with Gasteiger partial charge in [0, 0.05) is 51.8 Å². The quantitative estimate of drug-likeness (QED) is 0.860. The number of carbonyl (C=O) groups excluding carboxylic acids is 1. The van der Waals surface area contributed by atoms with Crippen molar-refractivity contribution in [3.63, 3.8) is 0 Å². The number of hydrogen-bond donors (Lipinski definition) is 1. The summed E-state index contributed by atoms with van der Waals surface area (Å²) < 4.78 is 3.69. The smallest absolute Gasteiger partial charge is 0.258 e. The van der Waals surface area contributed by atoms with Crippen LogP contribution in [0.25, 0.3) is 0 Å². The topological polar surface area (TPSA) is 68.0 Å². The third-order valence-corrected chi connectivity index (χ3v) is 4.13. The summed E-state index contributed by atoms with van der Waals surface area (Å²) in [5, 5.41) is 7.51. The molecule has 7 heteroatoms. The molecule has 7 nitrogen and oxygen atoms in total. The first-order valence-corrected chi connectivity index (χ1v) is 7.07. The summed E-state index contributed by atoms with van der Waals surface area (Å²) in [5.41, 5.74) is 1.55. The molecular formula is C14H20N6O. The second-order valence-corrected chi connectivity index (χ2v) is 5.38. The first-order valence-electron chi connectivity index (χ1n) is 7.07. The van der Waals surface area contributed by atoms with Crippen LogP contribution in [0.4, 0.5) is 0 Å². The Labute approximate surface area is 123 Å². The molecule has 3 heterocycles. The second kappa shape index (κ2) is 5.33. The van der Waals surface area contributed by atoms with E-state index in [0.29, 0.717) is 12.1 Å². The van der Waals surface area contributed by atoms with Crippen molar-refractivity contribution in [1.82, 2.24) is 29.5 Å². The van der Waals surface area contributed by atoms with E-state index in [-0.39, 0.29) is 11.9 Å². The molecule has 1 fully saturated rings. The van der Waals surface area contributed by atoms with Gasteiger partial charge in [-0.15, -0.1) is 0 Å². The molecule has 3 rings (SSSR count). The van der Waals surface area contributed by atoms with Gasteiger partial charge in [-0.25, -0.2) is 4.98 Å². The Morgan fingerprint density at radius 2 is 2.24 bits per heavy atom. The maximum absolute atomic E-state index is 12.9. The third-order valence-electron chi connectivity index (χ3n) is 4.13. The average molecular weight is 288 g/mol. The third kappa shape index (κ3) is 2.33. The highest BCUT2D eigenvalue weighted by atomic mass is 16.2. The van der Waals surface area contributed by atoms with E-state index in [1.807, 2.05) is 36.7 Å². The number of aromatic nitrogens is 4. The van der Waals surface area contributed by atoms with E-state index in [1.165, 1.54) is 0 Å². The van der Waals surface area contributed by atoms with Crippen LogP contribution in [0.3, 0.4) is 0 Å². The van der Waals surface area contributed by atoms with Crippen LogP contribution in [-0.4, -0.2) is 49.8 Å². The van der Waals surface area contributed by atoms with Gasteiger partial charge < -0.3 is 14.8 Å². The zero-order chi connectivity index (χ0) is 15.0. The van der Waals surface area contributed by atoms with E-state index in [0.717, 1.165) is 24.6 Å². The van der Waals surface area contributed by atoms with Crippen LogP contribution in [0.2, 0.25) is 0 Å². The summed E-state index contributed by atoms with van der Waals surface area (Å²) in [6.07, 6.45) is 5.32. The van der Waals surface area contributed by atoms with Crippen LogP contribution in [0, 0.1) is 6.92 Å². The largest absolute Gasteiger partial charge is 0.336 e. The molecule has 1 unspecified atom stereocenters. The predicted molar refractivity (Wildman–Crippen MR) is 77.8 cm³/mol. The molecule has 2 aromatic rings. The van der Waals surface area contributed by atoms with Crippen LogP contribution in [0.1, 0.15) is 27.9 Å². The van der Waals surface area contributed by atoms with E-state index < -0.39 is 0 Å². The molecule has 1 aliphatic heterocycles. The molecule has 0 radical (unpaired) electrons. The number of imidazole rings is 1. The Kier molecular flexibility index (Phi) is 3.50.